The number of fused-ring (bicyclic) bond motifs is 2. The van der Waals surface area contributed by atoms with Crippen LogP contribution in [0.1, 0.15) is 87.4 Å². The summed E-state index contributed by atoms with van der Waals surface area (Å²) in [6, 6.07) is 21.0. The van der Waals surface area contributed by atoms with Crippen LogP contribution >= 0.6 is 0 Å². The topological polar surface area (TPSA) is 73.8 Å². The predicted octanol–water partition coefficient (Wildman–Crippen LogP) is 9.68. The quantitative estimate of drug-likeness (QED) is 0.111. The van der Waals surface area contributed by atoms with Crippen molar-refractivity contribution in [3.8, 4) is 5.75 Å². The van der Waals surface area contributed by atoms with Crippen LogP contribution in [-0.4, -0.2) is 22.9 Å². The van der Waals surface area contributed by atoms with Gasteiger partial charge in [-0.15, -0.1) is 0 Å². The number of aryl methyl sites for hydroxylation is 1. The van der Waals surface area contributed by atoms with Crippen molar-refractivity contribution >= 4 is 33.8 Å². The summed E-state index contributed by atoms with van der Waals surface area (Å²) in [4.78, 5) is 6.04. The van der Waals surface area contributed by atoms with Gasteiger partial charge in [0.2, 0.25) is 0 Å². The number of benzene rings is 4. The molecule has 0 bridgehead atoms. The monoisotopic (exact) mass is 618 g/mol. The smallest absolute Gasteiger partial charge is 0.123 e. The lowest BCUT2D eigenvalue weighted by molar-refractivity contribution is 0.197. The molecule has 5 rings (SSSR count). The SMILES string of the molecule is C=C(c1cc2cc(C)ccc2cc1CO)C(C)C1C=Cc2cccc(NOCCc3cc(C(C)(C)C)c(O)c(C(C)(C)C)c3)c2N1. The fourth-order valence-electron chi connectivity index (χ4n) is 6.30. The van der Waals surface area contributed by atoms with Gasteiger partial charge in [-0.05, 0) is 92.1 Å². The van der Waals surface area contributed by atoms with E-state index in [9.17, 15) is 10.2 Å². The molecule has 4 aromatic carbocycles. The first kappa shape index (κ1) is 33.3. The maximum Gasteiger partial charge on any atom is 0.123 e. The van der Waals surface area contributed by atoms with Crippen LogP contribution in [0.2, 0.25) is 0 Å². The normalized spacial score (nSPS) is 15.4. The van der Waals surface area contributed by atoms with Crippen molar-refractivity contribution in [2.24, 2.45) is 5.92 Å². The molecule has 2 unspecified atom stereocenters. The number of phenolic OH excluding ortho intramolecular Hbond substituents is 1. The van der Waals surface area contributed by atoms with Gasteiger partial charge in [0, 0.05) is 5.92 Å². The van der Waals surface area contributed by atoms with Crippen LogP contribution in [0.15, 0.2) is 73.3 Å². The number of rotatable bonds is 9. The van der Waals surface area contributed by atoms with Gasteiger partial charge in [0.25, 0.3) is 0 Å². The molecule has 242 valence electrons. The fourth-order valence-corrected chi connectivity index (χ4v) is 6.30. The van der Waals surface area contributed by atoms with Crippen LogP contribution in [0.4, 0.5) is 11.4 Å². The highest BCUT2D eigenvalue weighted by Crippen LogP contribution is 2.40. The van der Waals surface area contributed by atoms with Crippen molar-refractivity contribution in [3.63, 3.8) is 0 Å². The van der Waals surface area contributed by atoms with Crippen molar-refractivity contribution < 1.29 is 15.1 Å². The molecule has 5 nitrogen and oxygen atoms in total. The summed E-state index contributed by atoms with van der Waals surface area (Å²) in [6.45, 7) is 22.0. The highest BCUT2D eigenvalue weighted by molar-refractivity contribution is 5.89. The average Bonchev–Trinajstić information content (AvgIpc) is 3.00. The number of hydrogen-bond acceptors (Lipinski definition) is 5. The molecule has 0 fully saturated rings. The molecule has 1 aliphatic rings. The van der Waals surface area contributed by atoms with E-state index in [0.717, 1.165) is 61.1 Å². The Kier molecular flexibility index (Phi) is 9.40. The Balaban J connectivity index is 1.29. The highest BCUT2D eigenvalue weighted by Gasteiger charge is 2.27. The van der Waals surface area contributed by atoms with E-state index >= 15 is 0 Å². The highest BCUT2D eigenvalue weighted by atomic mass is 16.6. The van der Waals surface area contributed by atoms with Gasteiger partial charge in [0.05, 0.1) is 30.6 Å². The molecule has 1 aliphatic heterocycles. The Morgan fingerprint density at radius 2 is 1.65 bits per heavy atom. The van der Waals surface area contributed by atoms with E-state index in [4.69, 9.17) is 4.84 Å². The third-order valence-electron chi connectivity index (χ3n) is 9.17. The molecule has 4 N–H and O–H groups in total. The van der Waals surface area contributed by atoms with E-state index in [2.05, 4.69) is 133 Å². The number of aromatic hydroxyl groups is 1. The maximum absolute atomic E-state index is 11.1. The van der Waals surface area contributed by atoms with Crippen LogP contribution in [0, 0.1) is 12.8 Å². The maximum atomic E-state index is 11.1. The second-order valence-corrected chi connectivity index (χ2v) is 14.9. The number of aliphatic hydroxyl groups is 1. The Labute approximate surface area is 275 Å². The van der Waals surface area contributed by atoms with Gasteiger partial charge in [0.15, 0.2) is 0 Å². The zero-order chi connectivity index (χ0) is 33.4. The Bertz CT molecular complexity index is 1750. The third-order valence-corrected chi connectivity index (χ3v) is 9.17. The molecule has 0 amide bonds. The zero-order valence-electron chi connectivity index (χ0n) is 28.7. The first-order valence-corrected chi connectivity index (χ1v) is 16.3. The van der Waals surface area contributed by atoms with Crippen molar-refractivity contribution in [3.05, 3.63) is 112 Å². The minimum Gasteiger partial charge on any atom is -0.507 e. The molecule has 5 heteroatoms. The van der Waals surface area contributed by atoms with E-state index < -0.39 is 0 Å². The molecule has 0 saturated heterocycles. The Morgan fingerprint density at radius 3 is 2.30 bits per heavy atom. The summed E-state index contributed by atoms with van der Waals surface area (Å²) >= 11 is 0. The number of phenols is 1. The Hall–Kier alpha value is -4.06. The van der Waals surface area contributed by atoms with Gasteiger partial charge in [-0.2, -0.15) is 0 Å². The molecular formula is C41H50N2O3. The van der Waals surface area contributed by atoms with Crippen molar-refractivity contribution in [2.75, 3.05) is 17.4 Å². The molecular weight excluding hydrogens is 568 g/mol. The summed E-state index contributed by atoms with van der Waals surface area (Å²) < 4.78 is 0. The van der Waals surface area contributed by atoms with Crippen molar-refractivity contribution in [2.45, 2.75) is 85.3 Å². The zero-order valence-corrected chi connectivity index (χ0v) is 28.7. The van der Waals surface area contributed by atoms with Crippen LogP contribution < -0.4 is 10.8 Å². The number of hydrogen-bond donors (Lipinski definition) is 4. The average molecular weight is 619 g/mol. The number of nitrogens with one attached hydrogen (secondary N) is 2. The Morgan fingerprint density at radius 1 is 0.957 bits per heavy atom. The predicted molar refractivity (Wildman–Crippen MR) is 194 cm³/mol. The van der Waals surface area contributed by atoms with Gasteiger partial charge in [-0.3, -0.25) is 10.3 Å². The van der Waals surface area contributed by atoms with Crippen LogP contribution in [0.5, 0.6) is 5.75 Å². The first-order valence-electron chi connectivity index (χ1n) is 16.3. The molecule has 0 aromatic heterocycles. The second kappa shape index (κ2) is 13.0. The van der Waals surface area contributed by atoms with Crippen LogP contribution in [0.25, 0.3) is 22.4 Å². The molecule has 0 aliphatic carbocycles. The summed E-state index contributed by atoms with van der Waals surface area (Å²) in [5.74, 6) is 0.460. The molecule has 46 heavy (non-hydrogen) atoms. The first-order chi connectivity index (χ1) is 21.7. The summed E-state index contributed by atoms with van der Waals surface area (Å²) in [6.07, 6.45) is 5.05. The lowest BCUT2D eigenvalue weighted by Crippen LogP contribution is -2.29. The van der Waals surface area contributed by atoms with Gasteiger partial charge >= 0.3 is 0 Å². The third kappa shape index (κ3) is 7.01. The number of aliphatic hydroxyl groups excluding tert-OH is 1. The van der Waals surface area contributed by atoms with Crippen molar-refractivity contribution in [1.29, 1.82) is 0 Å². The van der Waals surface area contributed by atoms with Gasteiger partial charge < -0.3 is 15.5 Å². The van der Waals surface area contributed by atoms with Gasteiger partial charge in [0.1, 0.15) is 5.75 Å². The lowest BCUT2D eigenvalue weighted by atomic mass is 9.78. The van der Waals surface area contributed by atoms with Crippen LogP contribution in [0.3, 0.4) is 0 Å². The molecule has 0 spiro atoms. The van der Waals surface area contributed by atoms with E-state index in [0.29, 0.717) is 18.8 Å². The van der Waals surface area contributed by atoms with E-state index in [1.54, 1.807) is 0 Å². The van der Waals surface area contributed by atoms with Crippen molar-refractivity contribution in [1.82, 2.24) is 0 Å². The fraction of sp³-hybridized carbons (Fsp3) is 0.366. The second-order valence-electron chi connectivity index (χ2n) is 14.9. The van der Waals surface area contributed by atoms with E-state index in [1.807, 2.05) is 12.1 Å². The molecule has 2 atom stereocenters. The van der Waals surface area contributed by atoms with Gasteiger partial charge in [-0.1, -0.05) is 115 Å². The molecule has 0 radical (unpaired) electrons. The number of para-hydroxylation sites is 1. The number of anilines is 2. The molecule has 0 saturated carbocycles. The summed E-state index contributed by atoms with van der Waals surface area (Å²) in [7, 11) is 0. The van der Waals surface area contributed by atoms with Crippen LogP contribution in [-0.2, 0) is 28.7 Å². The van der Waals surface area contributed by atoms with E-state index in [1.165, 1.54) is 5.56 Å². The lowest BCUT2D eigenvalue weighted by Gasteiger charge is -2.31. The minimum absolute atomic E-state index is 0.00586. The molecule has 1 heterocycles. The molecule has 4 aromatic rings. The van der Waals surface area contributed by atoms with Gasteiger partial charge in [-0.25, -0.2) is 0 Å². The largest absolute Gasteiger partial charge is 0.507 e. The standard InChI is InChI=1S/C41H50N2O3/c1-25-13-14-30-22-32(24-44)33(23-31(30)19-25)26(2)27(3)36-16-15-29-11-10-12-37(38(29)42-36)43-46-18-17-28-20-34(40(4,5)6)39(45)35(21-28)41(7,8)9/h10-16,19-23,27,36,42-45H,2,17-18,24H2,1,3-9H3. The minimum atomic E-state index is -0.173. The summed E-state index contributed by atoms with van der Waals surface area (Å²) in [5.41, 5.74) is 13.0. The van der Waals surface area contributed by atoms with E-state index in [-0.39, 0.29) is 29.4 Å². The summed E-state index contributed by atoms with van der Waals surface area (Å²) in [5, 5.41) is 27.3.